The zero-order chi connectivity index (χ0) is 18.8. The topological polar surface area (TPSA) is 88.3 Å². The molecule has 1 unspecified atom stereocenters. The minimum Gasteiger partial charge on any atom is -0.357 e. The highest BCUT2D eigenvalue weighted by Gasteiger charge is 2.17. The largest absolute Gasteiger partial charge is 0.357 e. The Morgan fingerprint density at radius 3 is 2.81 bits per heavy atom. The molecular weight excluding hydrogens is 330 g/mol. The second kappa shape index (κ2) is 7.07. The molecule has 1 N–H and O–H groups in total. The van der Waals surface area contributed by atoms with Crippen LogP contribution in [0.25, 0.3) is 5.78 Å². The standard InChI is InChI=1S/C18H23N7O/c1-11-8-12(2)16(20-9-11)17(26)21-13(3)10-24(5)15-6-7-19-18-22-14(4)23-25(15)18/h6-9,13H,10H2,1-5H3,(H,21,26). The van der Waals surface area contributed by atoms with Crippen LogP contribution >= 0.6 is 0 Å². The molecule has 3 rings (SSSR count). The van der Waals surface area contributed by atoms with Gasteiger partial charge in [0, 0.05) is 32.0 Å². The third-order valence-electron chi connectivity index (χ3n) is 4.07. The van der Waals surface area contributed by atoms with E-state index in [1.807, 2.05) is 51.8 Å². The van der Waals surface area contributed by atoms with E-state index in [0.29, 0.717) is 23.8 Å². The SMILES string of the molecule is Cc1cnc(C(=O)NC(C)CN(C)c2ccnc3nc(C)nn23)c(C)c1. The summed E-state index contributed by atoms with van der Waals surface area (Å²) in [7, 11) is 1.95. The third-order valence-corrected chi connectivity index (χ3v) is 4.07. The zero-order valence-corrected chi connectivity index (χ0v) is 15.7. The van der Waals surface area contributed by atoms with Gasteiger partial charge in [-0.15, -0.1) is 5.10 Å². The molecule has 0 spiro atoms. The number of carbonyl (C=O) groups is 1. The van der Waals surface area contributed by atoms with Crippen molar-refractivity contribution < 1.29 is 4.79 Å². The number of aromatic nitrogens is 5. The Hall–Kier alpha value is -3.03. The molecule has 0 aliphatic rings. The minimum absolute atomic E-state index is 0.0807. The van der Waals surface area contributed by atoms with Crippen molar-refractivity contribution in [2.24, 2.45) is 0 Å². The second-order valence-corrected chi connectivity index (χ2v) is 6.61. The summed E-state index contributed by atoms with van der Waals surface area (Å²) >= 11 is 0. The summed E-state index contributed by atoms with van der Waals surface area (Å²) in [6.07, 6.45) is 3.41. The molecule has 1 atom stereocenters. The molecule has 3 heterocycles. The Kier molecular flexibility index (Phi) is 4.83. The molecule has 0 aromatic carbocycles. The van der Waals surface area contributed by atoms with Gasteiger partial charge >= 0.3 is 0 Å². The second-order valence-electron chi connectivity index (χ2n) is 6.61. The molecule has 26 heavy (non-hydrogen) atoms. The Morgan fingerprint density at radius 2 is 2.08 bits per heavy atom. The number of amides is 1. The Balaban J connectivity index is 1.70. The molecule has 0 fully saturated rings. The third kappa shape index (κ3) is 3.63. The highest BCUT2D eigenvalue weighted by Crippen LogP contribution is 2.13. The van der Waals surface area contributed by atoms with Gasteiger partial charge in [0.1, 0.15) is 17.3 Å². The van der Waals surface area contributed by atoms with Crippen LogP contribution in [0.1, 0.15) is 34.4 Å². The van der Waals surface area contributed by atoms with E-state index in [0.717, 1.165) is 16.9 Å². The van der Waals surface area contributed by atoms with Crippen LogP contribution in [0.5, 0.6) is 0 Å². The monoisotopic (exact) mass is 353 g/mol. The number of likely N-dealkylation sites (N-methyl/N-ethyl adjacent to an activating group) is 1. The van der Waals surface area contributed by atoms with Gasteiger partial charge < -0.3 is 10.2 Å². The van der Waals surface area contributed by atoms with Crippen LogP contribution in [0.2, 0.25) is 0 Å². The maximum absolute atomic E-state index is 12.5. The summed E-state index contributed by atoms with van der Waals surface area (Å²) in [6, 6.07) is 3.75. The smallest absolute Gasteiger partial charge is 0.270 e. The number of pyridine rings is 1. The summed E-state index contributed by atoms with van der Waals surface area (Å²) in [5, 5.41) is 7.38. The quantitative estimate of drug-likeness (QED) is 0.751. The van der Waals surface area contributed by atoms with Gasteiger partial charge in [0.05, 0.1) is 0 Å². The first-order valence-corrected chi connectivity index (χ1v) is 8.49. The summed E-state index contributed by atoms with van der Waals surface area (Å²) in [5.41, 5.74) is 2.37. The molecule has 1 amide bonds. The molecule has 136 valence electrons. The summed E-state index contributed by atoms with van der Waals surface area (Å²) in [5.74, 6) is 1.92. The van der Waals surface area contributed by atoms with E-state index in [-0.39, 0.29) is 11.9 Å². The Morgan fingerprint density at radius 1 is 1.31 bits per heavy atom. The fourth-order valence-corrected chi connectivity index (χ4v) is 2.97. The van der Waals surface area contributed by atoms with Crippen LogP contribution < -0.4 is 10.2 Å². The molecule has 0 aliphatic heterocycles. The minimum atomic E-state index is -0.167. The first-order chi connectivity index (χ1) is 12.3. The molecule has 3 aromatic heterocycles. The number of anilines is 1. The summed E-state index contributed by atoms with van der Waals surface area (Å²) in [6.45, 7) is 8.25. The lowest BCUT2D eigenvalue weighted by molar-refractivity contribution is 0.0935. The van der Waals surface area contributed by atoms with E-state index in [4.69, 9.17) is 0 Å². The number of nitrogens with zero attached hydrogens (tertiary/aromatic N) is 6. The molecule has 0 saturated carbocycles. The van der Waals surface area contributed by atoms with Crippen molar-refractivity contribution in [3.63, 3.8) is 0 Å². The number of rotatable bonds is 5. The van der Waals surface area contributed by atoms with Crippen molar-refractivity contribution in [2.75, 3.05) is 18.5 Å². The average Bonchev–Trinajstić information content (AvgIpc) is 2.94. The van der Waals surface area contributed by atoms with Gasteiger partial charge in [-0.05, 0) is 44.9 Å². The highest BCUT2D eigenvalue weighted by atomic mass is 16.1. The van der Waals surface area contributed by atoms with Crippen molar-refractivity contribution >= 4 is 17.5 Å². The lowest BCUT2D eigenvalue weighted by Crippen LogP contribution is -2.41. The fraction of sp³-hybridized carbons (Fsp3) is 0.389. The Labute approximate surface area is 152 Å². The molecule has 8 nitrogen and oxygen atoms in total. The van der Waals surface area contributed by atoms with Gasteiger partial charge in [-0.1, -0.05) is 6.07 Å². The average molecular weight is 353 g/mol. The molecule has 0 bridgehead atoms. The maximum Gasteiger partial charge on any atom is 0.270 e. The molecule has 8 heteroatoms. The van der Waals surface area contributed by atoms with Crippen LogP contribution in [-0.4, -0.2) is 50.1 Å². The first kappa shape index (κ1) is 17.8. The summed E-state index contributed by atoms with van der Waals surface area (Å²) < 4.78 is 1.70. The van der Waals surface area contributed by atoms with E-state index in [1.54, 1.807) is 16.9 Å². The molecule has 3 aromatic rings. The number of carbonyl (C=O) groups excluding carboxylic acids is 1. The van der Waals surface area contributed by atoms with Gasteiger partial charge in [-0.2, -0.15) is 9.50 Å². The van der Waals surface area contributed by atoms with Gasteiger partial charge in [-0.25, -0.2) is 4.98 Å². The predicted molar refractivity (Wildman–Crippen MR) is 99.4 cm³/mol. The lowest BCUT2D eigenvalue weighted by atomic mass is 10.1. The van der Waals surface area contributed by atoms with Crippen LogP contribution in [0.15, 0.2) is 24.5 Å². The van der Waals surface area contributed by atoms with Crippen LogP contribution in [0, 0.1) is 20.8 Å². The van der Waals surface area contributed by atoms with Gasteiger partial charge in [0.15, 0.2) is 0 Å². The number of aryl methyl sites for hydroxylation is 3. The van der Waals surface area contributed by atoms with Crippen molar-refractivity contribution in [1.82, 2.24) is 29.9 Å². The predicted octanol–water partition coefficient (Wildman–Crippen LogP) is 1.70. The van der Waals surface area contributed by atoms with Crippen LogP contribution in [0.4, 0.5) is 5.82 Å². The first-order valence-electron chi connectivity index (χ1n) is 8.49. The van der Waals surface area contributed by atoms with Gasteiger partial charge in [0.25, 0.3) is 11.7 Å². The van der Waals surface area contributed by atoms with Crippen molar-refractivity contribution in [3.8, 4) is 0 Å². The van der Waals surface area contributed by atoms with E-state index in [9.17, 15) is 4.79 Å². The zero-order valence-electron chi connectivity index (χ0n) is 15.7. The highest BCUT2D eigenvalue weighted by molar-refractivity contribution is 5.93. The normalized spacial score (nSPS) is 12.2. The van der Waals surface area contributed by atoms with Crippen molar-refractivity contribution in [3.05, 3.63) is 47.2 Å². The maximum atomic E-state index is 12.5. The van der Waals surface area contributed by atoms with Crippen molar-refractivity contribution in [2.45, 2.75) is 33.7 Å². The number of fused-ring (bicyclic) bond motifs is 1. The van der Waals surface area contributed by atoms with Crippen LogP contribution in [0.3, 0.4) is 0 Å². The molecular formula is C18H23N7O. The van der Waals surface area contributed by atoms with E-state index < -0.39 is 0 Å². The van der Waals surface area contributed by atoms with E-state index in [1.165, 1.54) is 0 Å². The fourth-order valence-electron chi connectivity index (χ4n) is 2.97. The number of hydrogen-bond donors (Lipinski definition) is 1. The van der Waals surface area contributed by atoms with E-state index in [2.05, 4.69) is 25.4 Å². The molecule has 0 saturated heterocycles. The summed E-state index contributed by atoms with van der Waals surface area (Å²) in [4.78, 5) is 27.3. The number of hydrogen-bond acceptors (Lipinski definition) is 6. The van der Waals surface area contributed by atoms with Crippen molar-refractivity contribution in [1.29, 1.82) is 0 Å². The van der Waals surface area contributed by atoms with Gasteiger partial charge in [-0.3, -0.25) is 9.78 Å². The lowest BCUT2D eigenvalue weighted by Gasteiger charge is -2.24. The van der Waals surface area contributed by atoms with E-state index >= 15 is 0 Å². The molecule has 0 radical (unpaired) electrons. The number of nitrogens with one attached hydrogen (secondary N) is 1. The van der Waals surface area contributed by atoms with Crippen LogP contribution in [-0.2, 0) is 0 Å². The van der Waals surface area contributed by atoms with Gasteiger partial charge in [0.2, 0.25) is 0 Å². The molecule has 0 aliphatic carbocycles. The Bertz CT molecular complexity index is 950.